The first-order chi connectivity index (χ1) is 8.56. The van der Waals surface area contributed by atoms with Crippen LogP contribution in [-0.2, 0) is 4.74 Å². The van der Waals surface area contributed by atoms with Crippen molar-refractivity contribution in [2.24, 2.45) is 0 Å². The molecular formula is C12H14Cl3NO2. The first-order valence-electron chi connectivity index (χ1n) is 5.38. The third kappa shape index (κ3) is 5.02. The summed E-state index contributed by atoms with van der Waals surface area (Å²) in [6, 6.07) is 4.55. The van der Waals surface area contributed by atoms with Crippen LogP contribution in [0.5, 0.6) is 0 Å². The van der Waals surface area contributed by atoms with E-state index in [0.29, 0.717) is 34.5 Å². The van der Waals surface area contributed by atoms with Crippen LogP contribution in [0.3, 0.4) is 0 Å². The maximum Gasteiger partial charge on any atom is 0.251 e. The summed E-state index contributed by atoms with van der Waals surface area (Å²) in [6.07, 6.45) is 0.653. The van der Waals surface area contributed by atoms with E-state index < -0.39 is 0 Å². The van der Waals surface area contributed by atoms with Gasteiger partial charge in [0.25, 0.3) is 5.91 Å². The highest BCUT2D eigenvalue weighted by molar-refractivity contribution is 6.35. The molecule has 1 unspecified atom stereocenters. The average molecular weight is 311 g/mol. The predicted octanol–water partition coefficient (Wildman–Crippen LogP) is 3.37. The van der Waals surface area contributed by atoms with Gasteiger partial charge in [0.05, 0.1) is 0 Å². The lowest BCUT2D eigenvalue weighted by molar-refractivity contribution is 0.0930. The fourth-order valence-corrected chi connectivity index (χ4v) is 2.16. The molecule has 0 spiro atoms. The van der Waals surface area contributed by atoms with Gasteiger partial charge in [0, 0.05) is 41.2 Å². The van der Waals surface area contributed by atoms with Crippen LogP contribution in [0, 0.1) is 0 Å². The molecule has 100 valence electrons. The van der Waals surface area contributed by atoms with Crippen molar-refractivity contribution in [2.75, 3.05) is 19.6 Å². The Labute approximate surface area is 121 Å². The molecule has 0 aliphatic heterocycles. The molecule has 1 aromatic carbocycles. The van der Waals surface area contributed by atoms with Gasteiger partial charge in [-0.2, -0.15) is 0 Å². The molecule has 0 aromatic heterocycles. The second-order valence-electron chi connectivity index (χ2n) is 3.76. The van der Waals surface area contributed by atoms with Crippen molar-refractivity contribution in [2.45, 2.75) is 12.5 Å². The fourth-order valence-electron chi connectivity index (χ4n) is 1.40. The van der Waals surface area contributed by atoms with Gasteiger partial charge < -0.3 is 10.1 Å². The molecule has 1 rings (SSSR count). The Bertz CT molecular complexity index is 392. The molecule has 1 amide bonds. The zero-order chi connectivity index (χ0) is 13.5. The molecule has 0 heterocycles. The standard InChI is InChI=1S/C12H14Cl3NO2/c1-18-3-2-11(7-13)16-12(17)8-4-9(14)6-10(15)5-8/h4-6,11H,2-3,7H2,1H3,(H,16,17). The van der Waals surface area contributed by atoms with E-state index in [0.717, 1.165) is 0 Å². The molecule has 18 heavy (non-hydrogen) atoms. The quantitative estimate of drug-likeness (QED) is 0.818. The Hall–Kier alpha value is -0.480. The van der Waals surface area contributed by atoms with Crippen LogP contribution < -0.4 is 5.32 Å². The number of methoxy groups -OCH3 is 1. The summed E-state index contributed by atoms with van der Waals surface area (Å²) < 4.78 is 4.95. The van der Waals surface area contributed by atoms with Crippen LogP contribution in [-0.4, -0.2) is 31.5 Å². The maximum atomic E-state index is 12.0. The van der Waals surface area contributed by atoms with Crippen molar-refractivity contribution in [3.05, 3.63) is 33.8 Å². The summed E-state index contributed by atoms with van der Waals surface area (Å²) in [6.45, 7) is 0.536. The molecule has 1 N–H and O–H groups in total. The van der Waals surface area contributed by atoms with Crippen LogP contribution in [0.4, 0.5) is 0 Å². The maximum absolute atomic E-state index is 12.0. The van der Waals surface area contributed by atoms with Crippen LogP contribution in [0.25, 0.3) is 0 Å². The molecule has 0 saturated carbocycles. The fraction of sp³-hybridized carbons (Fsp3) is 0.417. The van der Waals surface area contributed by atoms with E-state index in [1.807, 2.05) is 0 Å². The number of halogens is 3. The van der Waals surface area contributed by atoms with Gasteiger partial charge in [-0.25, -0.2) is 0 Å². The smallest absolute Gasteiger partial charge is 0.251 e. The Morgan fingerprint density at radius 2 is 1.94 bits per heavy atom. The number of carbonyl (C=O) groups excluding carboxylic acids is 1. The highest BCUT2D eigenvalue weighted by atomic mass is 35.5. The lowest BCUT2D eigenvalue weighted by atomic mass is 10.2. The van der Waals surface area contributed by atoms with Crippen molar-refractivity contribution in [1.82, 2.24) is 5.32 Å². The second kappa shape index (κ2) is 7.85. The van der Waals surface area contributed by atoms with Gasteiger partial charge in [-0.1, -0.05) is 23.2 Å². The zero-order valence-corrected chi connectivity index (χ0v) is 12.1. The van der Waals surface area contributed by atoms with Gasteiger partial charge in [0.15, 0.2) is 0 Å². The van der Waals surface area contributed by atoms with Gasteiger partial charge in [0.2, 0.25) is 0 Å². The lowest BCUT2D eigenvalue weighted by Crippen LogP contribution is -2.37. The van der Waals surface area contributed by atoms with Gasteiger partial charge in [-0.3, -0.25) is 4.79 Å². The molecule has 0 bridgehead atoms. The zero-order valence-electron chi connectivity index (χ0n) is 9.88. The van der Waals surface area contributed by atoms with Crippen LogP contribution >= 0.6 is 34.8 Å². The molecule has 0 saturated heterocycles. The minimum atomic E-state index is -0.249. The van der Waals surface area contributed by atoms with E-state index in [1.54, 1.807) is 25.3 Å². The first kappa shape index (κ1) is 15.6. The predicted molar refractivity (Wildman–Crippen MR) is 74.9 cm³/mol. The van der Waals surface area contributed by atoms with Crippen molar-refractivity contribution >= 4 is 40.7 Å². The number of hydrogen-bond acceptors (Lipinski definition) is 2. The summed E-state index contributed by atoms with van der Waals surface area (Å²) >= 11 is 17.5. The highest BCUT2D eigenvalue weighted by Crippen LogP contribution is 2.19. The minimum absolute atomic E-state index is 0.142. The second-order valence-corrected chi connectivity index (χ2v) is 4.95. The largest absolute Gasteiger partial charge is 0.385 e. The Kier molecular flexibility index (Phi) is 6.79. The Morgan fingerprint density at radius 1 is 1.33 bits per heavy atom. The molecule has 6 heteroatoms. The molecule has 1 atom stereocenters. The number of alkyl halides is 1. The third-order valence-electron chi connectivity index (χ3n) is 2.32. The monoisotopic (exact) mass is 309 g/mol. The summed E-state index contributed by atoms with van der Waals surface area (Å²) in [5, 5.41) is 3.65. The van der Waals surface area contributed by atoms with Gasteiger partial charge >= 0.3 is 0 Å². The van der Waals surface area contributed by atoms with Gasteiger partial charge in [-0.05, 0) is 24.6 Å². The molecular weight excluding hydrogens is 296 g/mol. The lowest BCUT2D eigenvalue weighted by Gasteiger charge is -2.15. The summed E-state index contributed by atoms with van der Waals surface area (Å²) in [5.41, 5.74) is 0.417. The van der Waals surface area contributed by atoms with E-state index in [9.17, 15) is 4.79 Å². The molecule has 0 fully saturated rings. The van der Waals surface area contributed by atoms with Crippen LogP contribution in [0.15, 0.2) is 18.2 Å². The third-order valence-corrected chi connectivity index (χ3v) is 3.13. The number of benzene rings is 1. The number of nitrogens with one attached hydrogen (secondary N) is 1. The molecule has 0 radical (unpaired) electrons. The van der Waals surface area contributed by atoms with Gasteiger partial charge in [0.1, 0.15) is 0 Å². The van der Waals surface area contributed by atoms with E-state index in [1.165, 1.54) is 0 Å². The van der Waals surface area contributed by atoms with E-state index in [4.69, 9.17) is 39.5 Å². The number of carbonyl (C=O) groups is 1. The number of rotatable bonds is 6. The molecule has 0 aliphatic rings. The average Bonchev–Trinajstić information content (AvgIpc) is 2.32. The van der Waals surface area contributed by atoms with Crippen molar-refractivity contribution in [3.63, 3.8) is 0 Å². The summed E-state index contributed by atoms with van der Waals surface area (Å²) in [7, 11) is 1.60. The summed E-state index contributed by atoms with van der Waals surface area (Å²) in [5.74, 6) is 0.0739. The summed E-state index contributed by atoms with van der Waals surface area (Å²) in [4.78, 5) is 12.0. The van der Waals surface area contributed by atoms with Crippen molar-refractivity contribution < 1.29 is 9.53 Å². The SMILES string of the molecule is COCCC(CCl)NC(=O)c1cc(Cl)cc(Cl)c1. The van der Waals surface area contributed by atoms with Gasteiger partial charge in [-0.15, -0.1) is 11.6 Å². The van der Waals surface area contributed by atoms with E-state index >= 15 is 0 Å². The Morgan fingerprint density at radius 3 is 2.44 bits per heavy atom. The topological polar surface area (TPSA) is 38.3 Å². The van der Waals surface area contributed by atoms with E-state index in [2.05, 4.69) is 5.32 Å². The molecule has 0 aliphatic carbocycles. The van der Waals surface area contributed by atoms with Crippen LogP contribution in [0.1, 0.15) is 16.8 Å². The number of ether oxygens (including phenoxy) is 1. The minimum Gasteiger partial charge on any atom is -0.385 e. The molecule has 1 aromatic rings. The Balaban J connectivity index is 2.68. The normalized spacial score (nSPS) is 12.2. The molecule has 3 nitrogen and oxygen atoms in total. The van der Waals surface area contributed by atoms with E-state index in [-0.39, 0.29) is 11.9 Å². The van der Waals surface area contributed by atoms with Crippen molar-refractivity contribution in [1.29, 1.82) is 0 Å². The number of amides is 1. The highest BCUT2D eigenvalue weighted by Gasteiger charge is 2.13. The van der Waals surface area contributed by atoms with Crippen LogP contribution in [0.2, 0.25) is 10.0 Å². The number of hydrogen-bond donors (Lipinski definition) is 1. The first-order valence-corrected chi connectivity index (χ1v) is 6.67. The van der Waals surface area contributed by atoms with Crippen molar-refractivity contribution in [3.8, 4) is 0 Å².